The molecule has 0 saturated heterocycles. The predicted octanol–water partition coefficient (Wildman–Crippen LogP) is 2.79. The van der Waals surface area contributed by atoms with Crippen molar-refractivity contribution >= 4 is 23.2 Å². The van der Waals surface area contributed by atoms with E-state index in [1.54, 1.807) is 31.2 Å². The van der Waals surface area contributed by atoms with Crippen LogP contribution >= 0.6 is 0 Å². The van der Waals surface area contributed by atoms with Gasteiger partial charge in [0.05, 0.1) is 28.3 Å². The number of nitro benzene ring substituents is 1. The van der Waals surface area contributed by atoms with Crippen LogP contribution in [-0.4, -0.2) is 23.3 Å². The Morgan fingerprint density at radius 2 is 1.70 bits per heavy atom. The van der Waals surface area contributed by atoms with Crippen molar-refractivity contribution < 1.29 is 19.2 Å². The lowest BCUT2D eigenvalue weighted by atomic mass is 10.1. The number of hydrogen-bond acceptors (Lipinski definition) is 5. The first kappa shape index (κ1) is 14.7. The minimum Gasteiger partial charge on any atom is -0.487 e. The molecule has 0 unspecified atom stereocenters. The Morgan fingerprint density at radius 3 is 2.22 bits per heavy atom. The summed E-state index contributed by atoms with van der Waals surface area (Å²) in [4.78, 5) is 36.3. The van der Waals surface area contributed by atoms with E-state index >= 15 is 0 Å². The van der Waals surface area contributed by atoms with Crippen LogP contribution in [0.4, 0.5) is 11.4 Å². The fourth-order valence-electron chi connectivity index (χ4n) is 2.49. The topological polar surface area (TPSA) is 89.8 Å². The molecule has 3 rings (SSSR count). The smallest absolute Gasteiger partial charge is 0.313 e. The summed E-state index contributed by atoms with van der Waals surface area (Å²) in [7, 11) is 0. The molecule has 1 aliphatic rings. The quantitative estimate of drug-likeness (QED) is 0.492. The number of benzene rings is 2. The zero-order valence-corrected chi connectivity index (χ0v) is 12.2. The van der Waals surface area contributed by atoms with Crippen molar-refractivity contribution in [3.05, 3.63) is 63.7 Å². The van der Waals surface area contributed by atoms with Crippen LogP contribution in [0.2, 0.25) is 0 Å². The largest absolute Gasteiger partial charge is 0.487 e. The average Bonchev–Trinajstić information content (AvgIpc) is 2.80. The minimum absolute atomic E-state index is 0.0952. The van der Waals surface area contributed by atoms with Gasteiger partial charge >= 0.3 is 5.69 Å². The highest BCUT2D eigenvalue weighted by atomic mass is 16.6. The number of ether oxygens (including phenoxy) is 1. The van der Waals surface area contributed by atoms with E-state index in [1.807, 2.05) is 0 Å². The minimum atomic E-state index is -0.605. The van der Waals surface area contributed by atoms with E-state index in [2.05, 4.69) is 0 Å². The highest BCUT2D eigenvalue weighted by Gasteiger charge is 2.37. The van der Waals surface area contributed by atoms with Crippen LogP contribution in [0, 0.1) is 10.1 Å². The molecule has 0 saturated carbocycles. The van der Waals surface area contributed by atoms with Crippen LogP contribution in [0.5, 0.6) is 5.75 Å². The van der Waals surface area contributed by atoms with Gasteiger partial charge in [0.15, 0.2) is 5.75 Å². The molecule has 0 aliphatic carbocycles. The second kappa shape index (κ2) is 5.53. The van der Waals surface area contributed by atoms with Crippen molar-refractivity contribution in [2.24, 2.45) is 0 Å². The van der Waals surface area contributed by atoms with Crippen molar-refractivity contribution in [2.45, 2.75) is 6.92 Å². The van der Waals surface area contributed by atoms with Crippen LogP contribution in [0.3, 0.4) is 0 Å². The summed E-state index contributed by atoms with van der Waals surface area (Å²) in [5.41, 5.74) is 0.426. The molecule has 0 atom stereocenters. The summed E-state index contributed by atoms with van der Waals surface area (Å²) in [5.74, 6) is -0.897. The van der Waals surface area contributed by atoms with Gasteiger partial charge in [-0.25, -0.2) is 4.90 Å². The van der Waals surface area contributed by atoms with Gasteiger partial charge in [0.2, 0.25) is 0 Å². The van der Waals surface area contributed by atoms with Gasteiger partial charge in [-0.3, -0.25) is 19.7 Å². The number of amides is 2. The van der Waals surface area contributed by atoms with Crippen LogP contribution in [0.25, 0.3) is 0 Å². The van der Waals surface area contributed by atoms with Crippen molar-refractivity contribution in [3.63, 3.8) is 0 Å². The molecule has 0 aromatic heterocycles. The third-order valence-electron chi connectivity index (χ3n) is 3.49. The molecule has 0 fully saturated rings. The summed E-state index contributed by atoms with van der Waals surface area (Å²) in [6, 6.07) is 10.5. The second-order valence-electron chi connectivity index (χ2n) is 4.83. The first-order valence-corrected chi connectivity index (χ1v) is 6.93. The second-order valence-corrected chi connectivity index (χ2v) is 4.83. The zero-order valence-electron chi connectivity index (χ0n) is 12.2. The maximum absolute atomic E-state index is 12.4. The van der Waals surface area contributed by atoms with E-state index in [9.17, 15) is 19.7 Å². The molecule has 2 aromatic carbocycles. The first-order chi connectivity index (χ1) is 11.0. The van der Waals surface area contributed by atoms with Crippen molar-refractivity contribution in [1.29, 1.82) is 0 Å². The summed E-state index contributed by atoms with van der Waals surface area (Å²) in [5, 5.41) is 11.2. The molecule has 2 aromatic rings. The van der Waals surface area contributed by atoms with Gasteiger partial charge in [-0.1, -0.05) is 12.1 Å². The molecule has 0 N–H and O–H groups in total. The highest BCUT2D eigenvalue weighted by Crippen LogP contribution is 2.35. The van der Waals surface area contributed by atoms with E-state index < -0.39 is 16.7 Å². The maximum Gasteiger partial charge on any atom is 0.313 e. The van der Waals surface area contributed by atoms with Gasteiger partial charge in [-0.05, 0) is 31.2 Å². The number of hydrogen-bond donors (Lipinski definition) is 0. The summed E-state index contributed by atoms with van der Waals surface area (Å²) in [6.45, 7) is 1.98. The number of nitro groups is 1. The Hall–Kier alpha value is -3.22. The fraction of sp³-hybridized carbons (Fsp3) is 0.125. The first-order valence-electron chi connectivity index (χ1n) is 6.93. The van der Waals surface area contributed by atoms with Crippen LogP contribution < -0.4 is 9.64 Å². The lowest BCUT2D eigenvalue weighted by Gasteiger charge is -2.14. The number of nitrogens with zero attached hydrogens (tertiary/aromatic N) is 2. The molecule has 116 valence electrons. The molecule has 0 spiro atoms. The summed E-state index contributed by atoms with van der Waals surface area (Å²) < 4.78 is 5.20. The fourth-order valence-corrected chi connectivity index (χ4v) is 2.49. The van der Waals surface area contributed by atoms with Crippen molar-refractivity contribution in [3.8, 4) is 5.75 Å². The lowest BCUT2D eigenvalue weighted by molar-refractivity contribution is -0.385. The molecule has 0 bridgehead atoms. The number of carbonyl (C=O) groups excluding carboxylic acids is 2. The van der Waals surface area contributed by atoms with E-state index in [4.69, 9.17) is 4.74 Å². The maximum atomic E-state index is 12.4. The van der Waals surface area contributed by atoms with Gasteiger partial charge in [0.1, 0.15) is 0 Å². The van der Waals surface area contributed by atoms with Crippen LogP contribution in [0.1, 0.15) is 27.6 Å². The monoisotopic (exact) mass is 312 g/mol. The molecule has 1 aliphatic heterocycles. The Morgan fingerprint density at radius 1 is 1.09 bits per heavy atom. The van der Waals surface area contributed by atoms with Crippen molar-refractivity contribution in [2.75, 3.05) is 11.5 Å². The zero-order chi connectivity index (χ0) is 16.6. The molecule has 0 radical (unpaired) electrons. The van der Waals surface area contributed by atoms with Crippen LogP contribution in [-0.2, 0) is 0 Å². The van der Waals surface area contributed by atoms with Gasteiger partial charge in [0.25, 0.3) is 11.8 Å². The number of rotatable bonds is 4. The third kappa shape index (κ3) is 2.32. The van der Waals surface area contributed by atoms with Gasteiger partial charge in [-0.15, -0.1) is 0 Å². The van der Waals surface area contributed by atoms with Gasteiger partial charge < -0.3 is 4.74 Å². The van der Waals surface area contributed by atoms with Crippen molar-refractivity contribution in [1.82, 2.24) is 0 Å². The number of anilines is 1. The molecule has 23 heavy (non-hydrogen) atoms. The highest BCUT2D eigenvalue weighted by molar-refractivity contribution is 6.34. The number of carbonyl (C=O) groups is 2. The normalized spacial score (nSPS) is 13.2. The van der Waals surface area contributed by atoms with E-state index in [0.29, 0.717) is 0 Å². The van der Waals surface area contributed by atoms with Gasteiger partial charge in [-0.2, -0.15) is 0 Å². The molecular weight excluding hydrogens is 300 g/mol. The Balaban J connectivity index is 2.07. The van der Waals surface area contributed by atoms with E-state index in [0.717, 1.165) is 4.90 Å². The predicted molar refractivity (Wildman–Crippen MR) is 81.8 cm³/mol. The SMILES string of the molecule is CCOc1ccc(N2C(=O)c3ccccc3C2=O)cc1[N+](=O)[O-]. The average molecular weight is 312 g/mol. The standard InChI is InChI=1S/C16H12N2O5/c1-2-23-14-8-7-10(9-13(14)18(21)22)17-15(19)11-5-3-4-6-12(11)16(17)20/h3-9H,2H2,1H3. The van der Waals surface area contributed by atoms with E-state index in [-0.39, 0.29) is 34.9 Å². The lowest BCUT2D eigenvalue weighted by Crippen LogP contribution is -2.29. The summed E-state index contributed by atoms with van der Waals surface area (Å²) in [6.07, 6.45) is 0. The molecular formula is C16H12N2O5. The Kier molecular flexibility index (Phi) is 3.53. The molecule has 2 amide bonds. The molecule has 1 heterocycles. The molecule has 7 nitrogen and oxygen atoms in total. The number of fused-ring (bicyclic) bond motifs is 1. The Bertz CT molecular complexity index is 796. The summed E-state index contributed by atoms with van der Waals surface area (Å²) >= 11 is 0. The molecule has 7 heteroatoms. The third-order valence-corrected chi connectivity index (χ3v) is 3.49. The van der Waals surface area contributed by atoms with Gasteiger partial charge in [0, 0.05) is 6.07 Å². The number of imide groups is 1. The Labute approximate surface area is 131 Å². The van der Waals surface area contributed by atoms with E-state index in [1.165, 1.54) is 18.2 Å². The van der Waals surface area contributed by atoms with Crippen LogP contribution in [0.15, 0.2) is 42.5 Å².